The molecule has 0 aromatic heterocycles. The molecule has 0 spiro atoms. The summed E-state index contributed by atoms with van der Waals surface area (Å²) in [6.07, 6.45) is 1.95. The highest BCUT2D eigenvalue weighted by atomic mass is 16.5. The van der Waals surface area contributed by atoms with Gasteiger partial charge in [0, 0.05) is 31.0 Å². The number of amides is 1. The molecule has 0 atom stereocenters. The second-order valence-corrected chi connectivity index (χ2v) is 8.44. The number of carbonyl (C=O) groups is 1. The van der Waals surface area contributed by atoms with Crippen LogP contribution in [0, 0.1) is 6.92 Å². The van der Waals surface area contributed by atoms with Crippen molar-refractivity contribution in [2.45, 2.75) is 26.3 Å². The number of nitrogen functional groups attached to an aromatic ring is 1. The lowest BCUT2D eigenvalue weighted by Gasteiger charge is -2.29. The summed E-state index contributed by atoms with van der Waals surface area (Å²) < 4.78 is 10.9. The standard InChI is InChI=1S/C27H31N3O3/c1-18-14-19(8-9-24(18)29-27(31)22-6-4-5-7-23(22)28)10-12-30-13-11-20-15-25(32-2)26(33-3)16-21(20)17-30/h4-9,14-16H,10-13,17,28H2,1-3H3,(H,29,31). The first-order valence-electron chi connectivity index (χ1n) is 11.2. The van der Waals surface area contributed by atoms with E-state index in [0.29, 0.717) is 11.3 Å². The molecule has 1 amide bonds. The SMILES string of the molecule is COc1cc2c(cc1OC)CN(CCc1ccc(NC(=O)c3ccccc3N)c(C)c1)CC2. The summed E-state index contributed by atoms with van der Waals surface area (Å²) in [6, 6.07) is 17.5. The quantitative estimate of drug-likeness (QED) is 0.526. The summed E-state index contributed by atoms with van der Waals surface area (Å²) in [7, 11) is 3.35. The molecule has 3 aromatic carbocycles. The Hall–Kier alpha value is -3.51. The van der Waals surface area contributed by atoms with Crippen LogP contribution in [0.15, 0.2) is 54.6 Å². The van der Waals surface area contributed by atoms with Crippen LogP contribution in [0.3, 0.4) is 0 Å². The monoisotopic (exact) mass is 445 g/mol. The van der Waals surface area contributed by atoms with Gasteiger partial charge >= 0.3 is 0 Å². The van der Waals surface area contributed by atoms with Crippen LogP contribution in [-0.2, 0) is 19.4 Å². The van der Waals surface area contributed by atoms with Gasteiger partial charge in [0.2, 0.25) is 0 Å². The second kappa shape index (κ2) is 9.96. The maximum Gasteiger partial charge on any atom is 0.257 e. The maximum atomic E-state index is 12.6. The average molecular weight is 446 g/mol. The fourth-order valence-electron chi connectivity index (χ4n) is 4.33. The van der Waals surface area contributed by atoms with Crippen LogP contribution in [0.2, 0.25) is 0 Å². The Morgan fingerprint density at radius 2 is 1.76 bits per heavy atom. The molecule has 0 aliphatic carbocycles. The van der Waals surface area contributed by atoms with Crippen LogP contribution in [0.5, 0.6) is 11.5 Å². The minimum atomic E-state index is -0.192. The number of hydrogen-bond acceptors (Lipinski definition) is 5. The van der Waals surface area contributed by atoms with Gasteiger partial charge in [-0.2, -0.15) is 0 Å². The summed E-state index contributed by atoms with van der Waals surface area (Å²) in [5.41, 5.74) is 12.6. The second-order valence-electron chi connectivity index (χ2n) is 8.44. The molecule has 6 nitrogen and oxygen atoms in total. The van der Waals surface area contributed by atoms with Crippen molar-refractivity contribution in [3.05, 3.63) is 82.4 Å². The number of nitrogens with one attached hydrogen (secondary N) is 1. The number of fused-ring (bicyclic) bond motifs is 1. The summed E-state index contributed by atoms with van der Waals surface area (Å²) in [5.74, 6) is 1.38. The molecule has 1 aliphatic heterocycles. The van der Waals surface area contributed by atoms with Gasteiger partial charge in [-0.25, -0.2) is 0 Å². The van der Waals surface area contributed by atoms with Crippen LogP contribution in [0.1, 0.15) is 32.6 Å². The fourth-order valence-corrected chi connectivity index (χ4v) is 4.33. The lowest BCUT2D eigenvalue weighted by Crippen LogP contribution is -2.32. The summed E-state index contributed by atoms with van der Waals surface area (Å²) >= 11 is 0. The van der Waals surface area contributed by atoms with Crippen LogP contribution >= 0.6 is 0 Å². The van der Waals surface area contributed by atoms with Crippen molar-refractivity contribution in [3.8, 4) is 11.5 Å². The van der Waals surface area contributed by atoms with E-state index < -0.39 is 0 Å². The summed E-state index contributed by atoms with van der Waals surface area (Å²) in [6.45, 7) is 4.92. The number of para-hydroxylation sites is 1. The molecule has 1 heterocycles. The number of rotatable bonds is 7. The zero-order chi connectivity index (χ0) is 23.4. The molecule has 0 unspecified atom stereocenters. The van der Waals surface area contributed by atoms with Gasteiger partial charge in [-0.3, -0.25) is 9.69 Å². The number of ether oxygens (including phenoxy) is 2. The van der Waals surface area contributed by atoms with E-state index in [4.69, 9.17) is 15.2 Å². The number of nitrogens with two attached hydrogens (primary N) is 1. The highest BCUT2D eigenvalue weighted by Gasteiger charge is 2.19. The molecule has 6 heteroatoms. The van der Waals surface area contributed by atoms with E-state index >= 15 is 0 Å². The Morgan fingerprint density at radius 1 is 1.03 bits per heavy atom. The minimum Gasteiger partial charge on any atom is -0.493 e. The number of aryl methyl sites for hydroxylation is 1. The number of nitrogens with zero attached hydrogens (tertiary/aromatic N) is 1. The van der Waals surface area contributed by atoms with Gasteiger partial charge < -0.3 is 20.5 Å². The molecule has 1 aliphatic rings. The van der Waals surface area contributed by atoms with Crippen LogP contribution in [0.25, 0.3) is 0 Å². The van der Waals surface area contributed by atoms with Crippen molar-refractivity contribution in [3.63, 3.8) is 0 Å². The molecule has 3 N–H and O–H groups in total. The molecule has 0 saturated heterocycles. The molecule has 172 valence electrons. The predicted octanol–water partition coefficient (Wildman–Crippen LogP) is 4.45. The molecule has 0 radical (unpaired) electrons. The number of hydrogen-bond donors (Lipinski definition) is 2. The van der Waals surface area contributed by atoms with Crippen molar-refractivity contribution in [2.24, 2.45) is 0 Å². The smallest absolute Gasteiger partial charge is 0.257 e. The Morgan fingerprint density at radius 3 is 2.45 bits per heavy atom. The predicted molar refractivity (Wildman–Crippen MR) is 132 cm³/mol. The Labute approximate surface area is 195 Å². The van der Waals surface area contributed by atoms with E-state index in [2.05, 4.69) is 34.5 Å². The Bertz CT molecular complexity index is 1160. The van der Waals surface area contributed by atoms with Crippen molar-refractivity contribution in [1.29, 1.82) is 0 Å². The topological polar surface area (TPSA) is 76.8 Å². The zero-order valence-electron chi connectivity index (χ0n) is 19.5. The first-order chi connectivity index (χ1) is 16.0. The van der Waals surface area contributed by atoms with E-state index in [1.807, 2.05) is 25.1 Å². The van der Waals surface area contributed by atoms with Crippen LogP contribution < -0.4 is 20.5 Å². The molecule has 4 rings (SSSR count). The number of carbonyl (C=O) groups excluding carboxylic acids is 1. The first kappa shape index (κ1) is 22.7. The highest BCUT2D eigenvalue weighted by molar-refractivity contribution is 6.08. The molecule has 0 fully saturated rings. The third-order valence-electron chi connectivity index (χ3n) is 6.26. The third kappa shape index (κ3) is 5.12. The molecule has 0 saturated carbocycles. The average Bonchev–Trinajstić information content (AvgIpc) is 2.83. The van der Waals surface area contributed by atoms with Crippen molar-refractivity contribution < 1.29 is 14.3 Å². The van der Waals surface area contributed by atoms with Gasteiger partial charge in [0.05, 0.1) is 19.8 Å². The van der Waals surface area contributed by atoms with Gasteiger partial charge in [-0.1, -0.05) is 24.3 Å². The normalized spacial score (nSPS) is 13.3. The van der Waals surface area contributed by atoms with Crippen molar-refractivity contribution >= 4 is 17.3 Å². The van der Waals surface area contributed by atoms with Gasteiger partial charge in [0.1, 0.15) is 0 Å². The van der Waals surface area contributed by atoms with E-state index in [1.165, 1.54) is 16.7 Å². The van der Waals surface area contributed by atoms with Gasteiger partial charge in [-0.15, -0.1) is 0 Å². The highest BCUT2D eigenvalue weighted by Crippen LogP contribution is 2.33. The lowest BCUT2D eigenvalue weighted by atomic mass is 9.98. The fraction of sp³-hybridized carbons (Fsp3) is 0.296. The largest absolute Gasteiger partial charge is 0.493 e. The number of anilines is 2. The summed E-state index contributed by atoms with van der Waals surface area (Å²) in [4.78, 5) is 15.0. The number of methoxy groups -OCH3 is 2. The maximum absolute atomic E-state index is 12.6. The third-order valence-corrected chi connectivity index (χ3v) is 6.26. The van der Waals surface area contributed by atoms with Crippen LogP contribution in [0.4, 0.5) is 11.4 Å². The first-order valence-corrected chi connectivity index (χ1v) is 11.2. The number of benzene rings is 3. The molecule has 0 bridgehead atoms. The minimum absolute atomic E-state index is 0.192. The van der Waals surface area contributed by atoms with Gasteiger partial charge in [0.15, 0.2) is 11.5 Å². The van der Waals surface area contributed by atoms with E-state index in [-0.39, 0.29) is 5.91 Å². The molecular formula is C27H31N3O3. The lowest BCUT2D eigenvalue weighted by molar-refractivity contribution is 0.102. The van der Waals surface area contributed by atoms with Crippen LogP contribution in [-0.4, -0.2) is 38.1 Å². The van der Waals surface area contributed by atoms with Gasteiger partial charge in [-0.05, 0) is 72.4 Å². The van der Waals surface area contributed by atoms with E-state index in [9.17, 15) is 4.79 Å². The Balaban J connectivity index is 1.37. The summed E-state index contributed by atoms with van der Waals surface area (Å²) in [5, 5.41) is 2.98. The van der Waals surface area contributed by atoms with Crippen molar-refractivity contribution in [1.82, 2.24) is 4.90 Å². The molecule has 3 aromatic rings. The van der Waals surface area contributed by atoms with Gasteiger partial charge in [0.25, 0.3) is 5.91 Å². The Kier molecular flexibility index (Phi) is 6.84. The zero-order valence-corrected chi connectivity index (χ0v) is 19.5. The van der Waals surface area contributed by atoms with Crippen molar-refractivity contribution in [2.75, 3.05) is 38.4 Å². The molecule has 33 heavy (non-hydrogen) atoms. The molecular weight excluding hydrogens is 414 g/mol. The van der Waals surface area contributed by atoms with E-state index in [0.717, 1.165) is 55.2 Å². The van der Waals surface area contributed by atoms with E-state index in [1.54, 1.807) is 26.4 Å².